The van der Waals surface area contributed by atoms with Crippen molar-refractivity contribution in [1.82, 2.24) is 18.9 Å². The van der Waals surface area contributed by atoms with E-state index in [1.54, 1.807) is 12.1 Å². The first-order valence-electron chi connectivity index (χ1n) is 17.3. The molecule has 262 valence electrons. The summed E-state index contributed by atoms with van der Waals surface area (Å²) in [6.45, 7) is 1.87. The van der Waals surface area contributed by atoms with Gasteiger partial charge in [-0.3, -0.25) is 4.79 Å². The minimum atomic E-state index is -4.15. The summed E-state index contributed by atoms with van der Waals surface area (Å²) in [5.74, 6) is -0.226. The predicted molar refractivity (Wildman–Crippen MR) is 196 cm³/mol. The molecule has 3 aliphatic carbocycles. The van der Waals surface area contributed by atoms with Gasteiger partial charge in [0.1, 0.15) is 22.8 Å². The predicted octanol–water partition coefficient (Wildman–Crippen LogP) is 8.13. The third-order valence-electron chi connectivity index (χ3n) is 10.8. The van der Waals surface area contributed by atoms with Crippen LogP contribution in [0.1, 0.15) is 31.2 Å². The van der Waals surface area contributed by atoms with E-state index >= 15 is 0 Å². The molecule has 3 aromatic carbocycles. The number of nitrogens with one attached hydrogen (secondary N) is 1. The Balaban J connectivity index is 1.26. The number of hydrogen-bond donors (Lipinski definition) is 1. The molecule has 7 aromatic rings. The van der Waals surface area contributed by atoms with Gasteiger partial charge in [-0.2, -0.15) is 0 Å². The third kappa shape index (κ3) is 5.23. The molecule has 4 aromatic heterocycles. The maximum Gasteiger partial charge on any atom is 0.311 e. The largest absolute Gasteiger partial charge is 0.469 e. The molecule has 2 atom stereocenters. The fourth-order valence-electron chi connectivity index (χ4n) is 8.27. The van der Waals surface area contributed by atoms with Crippen LogP contribution in [-0.2, 0) is 19.6 Å². The fourth-order valence-corrected chi connectivity index (χ4v) is 9.60. The zero-order chi connectivity index (χ0) is 35.7. The van der Waals surface area contributed by atoms with E-state index in [-0.39, 0.29) is 57.1 Å². The van der Waals surface area contributed by atoms with Crippen molar-refractivity contribution < 1.29 is 26.8 Å². The molecule has 10 rings (SSSR count). The van der Waals surface area contributed by atoms with Crippen LogP contribution in [0.4, 0.5) is 10.2 Å². The van der Waals surface area contributed by atoms with Crippen LogP contribution in [0.15, 0.2) is 101 Å². The first kappa shape index (κ1) is 32.3. The van der Waals surface area contributed by atoms with Gasteiger partial charge < -0.3 is 14.5 Å². The Kier molecular flexibility index (Phi) is 7.62. The number of rotatable bonds is 7. The number of carbonyl (C=O) groups excluding carboxylic acids is 1. The molecule has 3 fully saturated rings. The number of aryl methyl sites for hydroxylation is 1. The summed E-state index contributed by atoms with van der Waals surface area (Å²) in [4.78, 5) is 27.4. The highest BCUT2D eigenvalue weighted by atomic mass is 32.2. The van der Waals surface area contributed by atoms with Gasteiger partial charge in [-0.05, 0) is 74.8 Å². The maximum absolute atomic E-state index is 14.9. The summed E-state index contributed by atoms with van der Waals surface area (Å²) < 4.78 is 55.8. The van der Waals surface area contributed by atoms with E-state index < -0.39 is 15.8 Å². The average molecular weight is 716 g/mol. The molecule has 3 aliphatic rings. The van der Waals surface area contributed by atoms with Gasteiger partial charge in [-0.1, -0.05) is 48.0 Å². The second-order valence-corrected chi connectivity index (χ2v) is 15.6. The molecule has 12 heteroatoms. The number of aromatic nitrogens is 4. The number of methoxy groups -OCH3 is 1. The van der Waals surface area contributed by atoms with Gasteiger partial charge in [0.15, 0.2) is 11.5 Å². The van der Waals surface area contributed by atoms with Crippen LogP contribution >= 0.6 is 0 Å². The van der Waals surface area contributed by atoms with Gasteiger partial charge in [0.2, 0.25) is 0 Å². The summed E-state index contributed by atoms with van der Waals surface area (Å²) in [6, 6.07) is 22.9. The molecule has 2 bridgehead atoms. The molecule has 0 spiro atoms. The van der Waals surface area contributed by atoms with Crippen molar-refractivity contribution in [3.05, 3.63) is 103 Å². The zero-order valence-corrected chi connectivity index (χ0v) is 29.2. The van der Waals surface area contributed by atoms with Crippen LogP contribution in [-0.4, -0.2) is 46.5 Å². The Hall–Kier alpha value is -5.62. The van der Waals surface area contributed by atoms with Crippen LogP contribution in [0.3, 0.4) is 0 Å². The number of furan rings is 1. The lowest BCUT2D eigenvalue weighted by Gasteiger charge is -2.47. The van der Waals surface area contributed by atoms with Gasteiger partial charge in [0.05, 0.1) is 29.8 Å². The average Bonchev–Trinajstić information content (AvgIpc) is 3.74. The smallest absolute Gasteiger partial charge is 0.311 e. The second kappa shape index (κ2) is 12.3. The van der Waals surface area contributed by atoms with E-state index in [0.29, 0.717) is 22.7 Å². The van der Waals surface area contributed by atoms with E-state index in [4.69, 9.17) is 19.1 Å². The number of benzene rings is 3. The lowest BCUT2D eigenvalue weighted by molar-refractivity contribution is -0.152. The highest BCUT2D eigenvalue weighted by molar-refractivity contribution is 7.90. The Bertz CT molecular complexity index is 2650. The van der Waals surface area contributed by atoms with Crippen molar-refractivity contribution in [3.63, 3.8) is 0 Å². The number of nitrogens with zero attached hydrogens (tertiary/aromatic N) is 4. The van der Waals surface area contributed by atoms with Gasteiger partial charge >= 0.3 is 5.97 Å². The maximum atomic E-state index is 14.9. The molecule has 0 radical (unpaired) electrons. The molecule has 0 saturated heterocycles. The number of anilines is 1. The van der Waals surface area contributed by atoms with Crippen LogP contribution < -0.4 is 5.32 Å². The monoisotopic (exact) mass is 715 g/mol. The first-order chi connectivity index (χ1) is 25.2. The number of hydrogen-bond acceptors (Lipinski definition) is 9. The molecule has 4 heterocycles. The molecule has 1 N–H and O–H groups in total. The minimum absolute atomic E-state index is 0.0372. The number of esters is 1. The summed E-state index contributed by atoms with van der Waals surface area (Å²) in [5, 5.41) is 5.69. The number of fused-ring (bicyclic) bond motifs is 7. The van der Waals surface area contributed by atoms with Crippen molar-refractivity contribution in [2.45, 2.75) is 43.5 Å². The normalized spacial score (nSPS) is 20.1. The summed E-state index contributed by atoms with van der Waals surface area (Å²) in [7, 11) is -2.73. The Morgan fingerprint density at radius 2 is 1.65 bits per heavy atom. The number of ether oxygens (including phenoxy) is 1. The second-order valence-electron chi connectivity index (χ2n) is 13.8. The SMILES string of the molecule is COC(=O)C1C2CCC(CC2)C1Nc1cc(-c2cccc3c2oc2ccccc23)nc(-c2cn(S(=O)(=O)c3ccc(C)cc3)c3ncc(F)cc23)n1. The number of pyridine rings is 1. The third-order valence-corrected chi connectivity index (χ3v) is 12.5. The molecular formula is C40H34FN5O5S. The van der Waals surface area contributed by atoms with Crippen LogP contribution in [0, 0.1) is 30.5 Å². The minimum Gasteiger partial charge on any atom is -0.469 e. The molecule has 3 saturated carbocycles. The standard InChI is InChI=1S/C40H34FN5O5S/c1-22-10-16-26(17-11-22)52(48,49)46-21-31(30-18-25(41)20-42-39(30)46)38-43-32(29-8-5-7-28-27-6-3-4-9-33(27)51-37(28)29)19-34(45-38)44-36-24-14-12-23(13-15-24)35(36)40(47)50-2/h3-11,16-21,23-24,35-36H,12-15H2,1-2H3,(H,43,44,45). The van der Waals surface area contributed by atoms with Crippen molar-refractivity contribution in [1.29, 1.82) is 0 Å². The van der Waals surface area contributed by atoms with Gasteiger partial charge in [0.25, 0.3) is 10.0 Å². The van der Waals surface area contributed by atoms with E-state index in [9.17, 15) is 17.6 Å². The zero-order valence-electron chi connectivity index (χ0n) is 28.4. The first-order valence-corrected chi connectivity index (χ1v) is 18.8. The topological polar surface area (TPSA) is 129 Å². The van der Waals surface area contributed by atoms with E-state index in [2.05, 4.69) is 10.3 Å². The van der Waals surface area contributed by atoms with Crippen molar-refractivity contribution in [3.8, 4) is 22.6 Å². The molecule has 0 amide bonds. The van der Waals surface area contributed by atoms with Crippen LogP contribution in [0.5, 0.6) is 0 Å². The van der Waals surface area contributed by atoms with E-state index in [1.165, 1.54) is 31.5 Å². The Labute approximate surface area is 298 Å². The highest BCUT2D eigenvalue weighted by Crippen LogP contribution is 2.47. The summed E-state index contributed by atoms with van der Waals surface area (Å²) in [6.07, 6.45) is 6.28. The van der Waals surface area contributed by atoms with Crippen molar-refractivity contribution >= 4 is 54.8 Å². The number of para-hydroxylation sites is 2. The van der Waals surface area contributed by atoms with E-state index in [0.717, 1.165) is 57.8 Å². The van der Waals surface area contributed by atoms with Gasteiger partial charge in [0, 0.05) is 45.6 Å². The van der Waals surface area contributed by atoms with Crippen LogP contribution in [0.2, 0.25) is 0 Å². The lowest BCUT2D eigenvalue weighted by atomic mass is 9.61. The summed E-state index contributed by atoms with van der Waals surface area (Å²) >= 11 is 0. The lowest BCUT2D eigenvalue weighted by Crippen LogP contribution is -2.51. The van der Waals surface area contributed by atoms with Gasteiger partial charge in [-0.15, -0.1) is 0 Å². The molecule has 52 heavy (non-hydrogen) atoms. The molecular weight excluding hydrogens is 682 g/mol. The Morgan fingerprint density at radius 1 is 0.904 bits per heavy atom. The Morgan fingerprint density at radius 3 is 2.44 bits per heavy atom. The summed E-state index contributed by atoms with van der Waals surface area (Å²) in [5.41, 5.74) is 3.75. The molecule has 0 aliphatic heterocycles. The van der Waals surface area contributed by atoms with Crippen molar-refractivity contribution in [2.75, 3.05) is 12.4 Å². The number of halogens is 1. The molecule has 2 unspecified atom stereocenters. The van der Waals surface area contributed by atoms with Crippen LogP contribution in [0.25, 0.3) is 55.6 Å². The van der Waals surface area contributed by atoms with E-state index in [1.807, 2.05) is 55.5 Å². The quantitative estimate of drug-likeness (QED) is 0.163. The fraction of sp³-hybridized carbons (Fsp3) is 0.250. The molecule has 10 nitrogen and oxygen atoms in total. The number of carbonyl (C=O) groups is 1. The highest BCUT2D eigenvalue weighted by Gasteiger charge is 2.48. The van der Waals surface area contributed by atoms with Gasteiger partial charge in [-0.25, -0.2) is 31.7 Å². The van der Waals surface area contributed by atoms with Crippen molar-refractivity contribution in [2.24, 2.45) is 17.8 Å².